The maximum Gasteiger partial charge on any atom is 0.251 e. The van der Waals surface area contributed by atoms with Crippen LogP contribution in [0, 0.1) is 0 Å². The Balaban J connectivity index is 2.18. The van der Waals surface area contributed by atoms with Crippen molar-refractivity contribution in [1.82, 2.24) is 4.90 Å². The smallest absolute Gasteiger partial charge is 0.251 e. The molecule has 2 rings (SSSR count). The van der Waals surface area contributed by atoms with E-state index in [0.717, 1.165) is 4.90 Å². The van der Waals surface area contributed by atoms with E-state index in [-0.39, 0.29) is 17.6 Å². The summed E-state index contributed by atoms with van der Waals surface area (Å²) in [6, 6.07) is 4.51. The monoisotopic (exact) mass is 275 g/mol. The second-order valence-corrected chi connectivity index (χ2v) is 4.88. The van der Waals surface area contributed by atoms with Crippen molar-refractivity contribution in [2.75, 3.05) is 18.1 Å². The molecule has 6 nitrogen and oxygen atoms in total. The van der Waals surface area contributed by atoms with Gasteiger partial charge in [0, 0.05) is 30.4 Å². The van der Waals surface area contributed by atoms with Gasteiger partial charge >= 0.3 is 0 Å². The molecule has 0 spiro atoms. The zero-order valence-corrected chi connectivity index (χ0v) is 11.5. The molecule has 0 bridgehead atoms. The van der Waals surface area contributed by atoms with Crippen LogP contribution in [-0.4, -0.2) is 35.6 Å². The van der Waals surface area contributed by atoms with E-state index in [9.17, 15) is 14.4 Å². The lowest BCUT2D eigenvalue weighted by Gasteiger charge is -2.29. The van der Waals surface area contributed by atoms with Crippen molar-refractivity contribution in [3.8, 4) is 0 Å². The third kappa shape index (κ3) is 2.64. The summed E-state index contributed by atoms with van der Waals surface area (Å²) in [5.41, 5.74) is 7.19. The van der Waals surface area contributed by atoms with E-state index >= 15 is 0 Å². The Kier molecular flexibility index (Phi) is 3.74. The number of benzene rings is 1. The van der Waals surface area contributed by atoms with E-state index in [1.54, 1.807) is 18.2 Å². The first-order valence-electron chi connectivity index (χ1n) is 6.37. The summed E-state index contributed by atoms with van der Waals surface area (Å²) in [5, 5.41) is 3.05. The zero-order chi connectivity index (χ0) is 14.9. The van der Waals surface area contributed by atoms with Crippen molar-refractivity contribution in [3.63, 3.8) is 0 Å². The van der Waals surface area contributed by atoms with Crippen LogP contribution in [0.5, 0.6) is 0 Å². The largest absolute Gasteiger partial charge is 0.398 e. The number of nitrogen functional groups attached to an aromatic ring is 1. The molecule has 0 aliphatic carbocycles. The van der Waals surface area contributed by atoms with Crippen LogP contribution in [0.15, 0.2) is 18.2 Å². The van der Waals surface area contributed by atoms with E-state index in [2.05, 4.69) is 5.32 Å². The number of nitrogens with two attached hydrogens (primary N) is 1. The molecule has 3 N–H and O–H groups in total. The number of carbonyl (C=O) groups is 3. The van der Waals surface area contributed by atoms with Gasteiger partial charge in [-0.15, -0.1) is 0 Å². The number of piperidine rings is 1. The first kappa shape index (κ1) is 14.0. The van der Waals surface area contributed by atoms with Gasteiger partial charge in [0.1, 0.15) is 6.04 Å². The number of carbonyl (C=O) groups excluding carboxylic acids is 3. The number of nitrogens with one attached hydrogen (secondary N) is 1. The van der Waals surface area contributed by atoms with Gasteiger partial charge in [0.2, 0.25) is 5.91 Å². The van der Waals surface area contributed by atoms with Crippen molar-refractivity contribution in [2.24, 2.45) is 0 Å². The van der Waals surface area contributed by atoms with Crippen molar-refractivity contribution in [2.45, 2.75) is 25.8 Å². The Hall–Kier alpha value is -2.37. The fourth-order valence-corrected chi connectivity index (χ4v) is 2.20. The summed E-state index contributed by atoms with van der Waals surface area (Å²) in [7, 11) is 1.47. The molecule has 0 radical (unpaired) electrons. The third-order valence-electron chi connectivity index (χ3n) is 3.42. The summed E-state index contributed by atoms with van der Waals surface area (Å²) in [6.07, 6.45) is 0.774. The van der Waals surface area contributed by atoms with E-state index in [1.165, 1.54) is 14.0 Å². The minimum absolute atomic E-state index is 0.131. The molecule has 20 heavy (non-hydrogen) atoms. The highest BCUT2D eigenvalue weighted by Crippen LogP contribution is 2.21. The standard InChI is InChI=1S/C14H17N3O3/c1-8(18)10-7-9(3-4-11(10)15)16-12-5-6-13(19)17(2)14(12)20/h3-4,7,12,16H,5-6,15H2,1-2H3. The molecule has 1 heterocycles. The highest BCUT2D eigenvalue weighted by molar-refractivity contribution is 6.02. The van der Waals surface area contributed by atoms with Crippen LogP contribution < -0.4 is 11.1 Å². The molecule has 1 atom stereocenters. The molecule has 0 saturated carbocycles. The van der Waals surface area contributed by atoms with E-state index < -0.39 is 6.04 Å². The molecule has 1 saturated heterocycles. The summed E-state index contributed by atoms with van der Waals surface area (Å²) < 4.78 is 0. The molecule has 1 fully saturated rings. The summed E-state index contributed by atoms with van der Waals surface area (Å²) in [4.78, 5) is 36.0. The average Bonchev–Trinajstić information content (AvgIpc) is 2.41. The van der Waals surface area contributed by atoms with Gasteiger partial charge in [-0.2, -0.15) is 0 Å². The first-order chi connectivity index (χ1) is 9.40. The van der Waals surface area contributed by atoms with Crippen molar-refractivity contribution in [1.29, 1.82) is 0 Å². The summed E-state index contributed by atoms with van der Waals surface area (Å²) in [6.45, 7) is 1.44. The number of amides is 2. The number of ketones is 1. The minimum atomic E-state index is -0.457. The van der Waals surface area contributed by atoms with Gasteiger partial charge in [0.25, 0.3) is 5.91 Å². The summed E-state index contributed by atoms with van der Waals surface area (Å²) >= 11 is 0. The quantitative estimate of drug-likeness (QED) is 0.488. The van der Waals surface area contributed by atoms with Crippen LogP contribution >= 0.6 is 0 Å². The predicted octanol–water partition coefficient (Wildman–Crippen LogP) is 1.03. The van der Waals surface area contributed by atoms with Gasteiger partial charge in [-0.3, -0.25) is 19.3 Å². The lowest BCUT2D eigenvalue weighted by atomic mass is 10.0. The topological polar surface area (TPSA) is 92.5 Å². The fraction of sp³-hybridized carbons (Fsp3) is 0.357. The van der Waals surface area contributed by atoms with Crippen LogP contribution in [0.25, 0.3) is 0 Å². The minimum Gasteiger partial charge on any atom is -0.398 e. The van der Waals surface area contributed by atoms with Crippen molar-refractivity contribution in [3.05, 3.63) is 23.8 Å². The van der Waals surface area contributed by atoms with Crippen LogP contribution in [-0.2, 0) is 9.59 Å². The molecule has 1 unspecified atom stereocenters. The number of likely N-dealkylation sites (N-methyl/N-ethyl adjacent to an activating group) is 1. The van der Waals surface area contributed by atoms with Gasteiger partial charge in [-0.05, 0) is 31.5 Å². The number of hydrogen-bond donors (Lipinski definition) is 2. The van der Waals surface area contributed by atoms with Gasteiger partial charge in [-0.25, -0.2) is 0 Å². The SMILES string of the molecule is CC(=O)c1cc(NC2CCC(=O)N(C)C2=O)ccc1N. The maximum atomic E-state index is 12.0. The first-order valence-corrected chi connectivity index (χ1v) is 6.37. The molecule has 1 aromatic rings. The molecule has 0 aromatic heterocycles. The predicted molar refractivity (Wildman–Crippen MR) is 75.3 cm³/mol. The van der Waals surface area contributed by atoms with Crippen LogP contribution in [0.3, 0.4) is 0 Å². The number of imide groups is 1. The number of rotatable bonds is 3. The Morgan fingerprint density at radius 2 is 2.10 bits per heavy atom. The lowest BCUT2D eigenvalue weighted by molar-refractivity contribution is -0.146. The second-order valence-electron chi connectivity index (χ2n) is 4.88. The molecule has 6 heteroatoms. The molecule has 2 amide bonds. The van der Waals surface area contributed by atoms with E-state index in [1.807, 2.05) is 0 Å². The van der Waals surface area contributed by atoms with Crippen molar-refractivity contribution >= 4 is 29.0 Å². The Labute approximate surface area is 116 Å². The Bertz CT molecular complexity index is 583. The molecule has 106 valence electrons. The van der Waals surface area contributed by atoms with Crippen LogP contribution in [0.2, 0.25) is 0 Å². The van der Waals surface area contributed by atoms with E-state index in [0.29, 0.717) is 29.8 Å². The van der Waals surface area contributed by atoms with E-state index in [4.69, 9.17) is 5.73 Å². The Morgan fingerprint density at radius 1 is 1.40 bits per heavy atom. The molecule has 1 aromatic carbocycles. The number of nitrogens with zero attached hydrogens (tertiary/aromatic N) is 1. The maximum absolute atomic E-state index is 12.0. The molecular weight excluding hydrogens is 258 g/mol. The third-order valence-corrected chi connectivity index (χ3v) is 3.42. The Morgan fingerprint density at radius 3 is 2.75 bits per heavy atom. The lowest BCUT2D eigenvalue weighted by Crippen LogP contribution is -2.48. The normalized spacial score (nSPS) is 19.1. The number of anilines is 2. The highest BCUT2D eigenvalue weighted by atomic mass is 16.2. The molecule has 1 aliphatic rings. The zero-order valence-electron chi connectivity index (χ0n) is 11.5. The van der Waals surface area contributed by atoms with Gasteiger partial charge in [0.05, 0.1) is 0 Å². The van der Waals surface area contributed by atoms with Gasteiger partial charge in [-0.1, -0.05) is 0 Å². The second kappa shape index (κ2) is 5.32. The van der Waals surface area contributed by atoms with Crippen LogP contribution in [0.4, 0.5) is 11.4 Å². The fourth-order valence-electron chi connectivity index (χ4n) is 2.20. The van der Waals surface area contributed by atoms with Gasteiger partial charge < -0.3 is 11.1 Å². The van der Waals surface area contributed by atoms with Crippen molar-refractivity contribution < 1.29 is 14.4 Å². The number of Topliss-reactive ketones (excluding diaryl/α,β-unsaturated/α-hetero) is 1. The number of likely N-dealkylation sites (tertiary alicyclic amines) is 1. The summed E-state index contributed by atoms with van der Waals surface area (Å²) in [5.74, 6) is -0.564. The highest BCUT2D eigenvalue weighted by Gasteiger charge is 2.31. The van der Waals surface area contributed by atoms with Gasteiger partial charge in [0.15, 0.2) is 5.78 Å². The molecular formula is C14H17N3O3. The molecule has 1 aliphatic heterocycles. The van der Waals surface area contributed by atoms with Crippen LogP contribution in [0.1, 0.15) is 30.1 Å². The number of hydrogen-bond acceptors (Lipinski definition) is 5. The average molecular weight is 275 g/mol.